The Labute approximate surface area is 78.0 Å². The summed E-state index contributed by atoms with van der Waals surface area (Å²) in [6.07, 6.45) is 3.93. The molecule has 62 valence electrons. The fourth-order valence-corrected chi connectivity index (χ4v) is 1.61. The predicted molar refractivity (Wildman–Crippen MR) is 56.3 cm³/mol. The van der Waals surface area contributed by atoms with Crippen LogP contribution in [0.15, 0.2) is 58.9 Å². The highest BCUT2D eigenvalue weighted by Gasteiger charge is 1.93. The molecule has 0 aliphatic rings. The maximum Gasteiger partial charge on any atom is 0.0122 e. The highest BCUT2D eigenvalue weighted by atomic mass is 32.2. The smallest absolute Gasteiger partial charge is 0.0122 e. The number of benzene rings is 1. The van der Waals surface area contributed by atoms with Crippen molar-refractivity contribution in [2.24, 2.45) is 0 Å². The van der Waals surface area contributed by atoms with Gasteiger partial charge in [0.15, 0.2) is 0 Å². The van der Waals surface area contributed by atoms with Gasteiger partial charge in [-0.3, -0.25) is 0 Å². The second-order valence-corrected chi connectivity index (χ2v) is 3.46. The van der Waals surface area contributed by atoms with Crippen molar-refractivity contribution >= 4 is 11.8 Å². The molecule has 0 bridgehead atoms. The van der Waals surface area contributed by atoms with Gasteiger partial charge in [0.25, 0.3) is 0 Å². The lowest BCUT2D eigenvalue weighted by Gasteiger charge is -1.99. The topological polar surface area (TPSA) is 0 Å². The summed E-state index contributed by atoms with van der Waals surface area (Å²) in [4.78, 5) is 2.45. The van der Waals surface area contributed by atoms with E-state index < -0.39 is 0 Å². The Bertz CT molecular complexity index is 272. The summed E-state index contributed by atoms with van der Waals surface area (Å²) >= 11 is 1.73. The summed E-state index contributed by atoms with van der Waals surface area (Å²) in [5.41, 5.74) is 0. The summed E-state index contributed by atoms with van der Waals surface area (Å²) < 4.78 is 0. The molecule has 0 saturated carbocycles. The van der Waals surface area contributed by atoms with Gasteiger partial charge in [0.1, 0.15) is 0 Å². The number of allylic oxidation sites excluding steroid dienone is 2. The molecule has 0 spiro atoms. The first-order valence-electron chi connectivity index (χ1n) is 3.88. The molecule has 1 aromatic rings. The quantitative estimate of drug-likeness (QED) is 0.497. The van der Waals surface area contributed by atoms with Crippen LogP contribution >= 0.6 is 11.8 Å². The Morgan fingerprint density at radius 1 is 1.33 bits per heavy atom. The fourth-order valence-electron chi connectivity index (χ4n) is 0.843. The Balaban J connectivity index is 2.70. The van der Waals surface area contributed by atoms with Crippen molar-refractivity contribution in [2.75, 3.05) is 0 Å². The van der Waals surface area contributed by atoms with E-state index in [-0.39, 0.29) is 0 Å². The van der Waals surface area contributed by atoms with Gasteiger partial charge in [0, 0.05) is 9.80 Å². The van der Waals surface area contributed by atoms with Crippen LogP contribution in [0, 0.1) is 0 Å². The summed E-state index contributed by atoms with van der Waals surface area (Å²) in [5, 5.41) is 0. The second-order valence-electron chi connectivity index (χ2n) is 2.31. The van der Waals surface area contributed by atoms with Crippen molar-refractivity contribution in [3.63, 3.8) is 0 Å². The molecule has 1 heteroatoms. The average Bonchev–Trinajstić information content (AvgIpc) is 2.16. The van der Waals surface area contributed by atoms with Crippen molar-refractivity contribution in [3.8, 4) is 0 Å². The third-order valence-electron chi connectivity index (χ3n) is 1.46. The minimum absolute atomic E-state index is 1.20. The predicted octanol–water partition coefficient (Wildman–Crippen LogP) is 3.87. The van der Waals surface area contributed by atoms with E-state index in [4.69, 9.17) is 0 Å². The largest absolute Gasteiger partial charge is 0.0980 e. The van der Waals surface area contributed by atoms with Crippen molar-refractivity contribution in [1.82, 2.24) is 0 Å². The molecule has 0 fully saturated rings. The Hall–Kier alpha value is -0.950. The maximum absolute atomic E-state index is 3.74. The normalized spacial score (nSPS) is 11.2. The van der Waals surface area contributed by atoms with E-state index in [0.29, 0.717) is 0 Å². The highest BCUT2D eigenvalue weighted by molar-refractivity contribution is 8.03. The number of hydrogen-bond acceptors (Lipinski definition) is 1. The average molecular weight is 176 g/mol. The van der Waals surface area contributed by atoms with Crippen molar-refractivity contribution in [3.05, 3.63) is 54.0 Å². The molecule has 0 radical (unpaired) electrons. The van der Waals surface area contributed by atoms with Crippen LogP contribution < -0.4 is 0 Å². The zero-order chi connectivity index (χ0) is 8.81. The van der Waals surface area contributed by atoms with Gasteiger partial charge in [-0.1, -0.05) is 48.7 Å². The van der Waals surface area contributed by atoms with Crippen LogP contribution in [0.5, 0.6) is 0 Å². The van der Waals surface area contributed by atoms with E-state index in [2.05, 4.69) is 24.8 Å². The molecule has 0 N–H and O–H groups in total. The number of rotatable bonds is 3. The van der Waals surface area contributed by atoms with Crippen molar-refractivity contribution in [1.29, 1.82) is 0 Å². The van der Waals surface area contributed by atoms with E-state index in [1.807, 2.05) is 31.2 Å². The Kier molecular flexibility index (Phi) is 3.68. The van der Waals surface area contributed by atoms with Gasteiger partial charge >= 0.3 is 0 Å². The minimum atomic E-state index is 1.20. The molecule has 0 aliphatic heterocycles. The summed E-state index contributed by atoms with van der Waals surface area (Å²) in [7, 11) is 0. The molecule has 12 heavy (non-hydrogen) atoms. The summed E-state index contributed by atoms with van der Waals surface area (Å²) in [6.45, 7) is 5.76. The standard InChI is InChI=1S/C11H12S/c1-3-10(4-2)12-11-8-6-5-7-9-11/h3-9H,1H2,2H3. The molecule has 1 rings (SSSR count). The first kappa shape index (κ1) is 9.14. The van der Waals surface area contributed by atoms with Crippen LogP contribution in [-0.4, -0.2) is 0 Å². The van der Waals surface area contributed by atoms with Gasteiger partial charge in [-0.15, -0.1) is 0 Å². The zero-order valence-electron chi connectivity index (χ0n) is 7.16. The van der Waals surface area contributed by atoms with Crippen LogP contribution in [-0.2, 0) is 0 Å². The zero-order valence-corrected chi connectivity index (χ0v) is 7.97. The highest BCUT2D eigenvalue weighted by Crippen LogP contribution is 2.26. The van der Waals surface area contributed by atoms with E-state index >= 15 is 0 Å². The van der Waals surface area contributed by atoms with Gasteiger partial charge in [0.05, 0.1) is 0 Å². The first-order chi connectivity index (χ1) is 5.86. The molecule has 0 aromatic heterocycles. The van der Waals surface area contributed by atoms with Crippen LogP contribution in [0.3, 0.4) is 0 Å². The first-order valence-corrected chi connectivity index (χ1v) is 4.70. The summed E-state index contributed by atoms with van der Waals surface area (Å²) in [5.74, 6) is 0. The SMILES string of the molecule is C=CC(=CC)Sc1ccccc1. The Morgan fingerprint density at radius 3 is 2.50 bits per heavy atom. The minimum Gasteiger partial charge on any atom is -0.0980 e. The molecule has 0 saturated heterocycles. The van der Waals surface area contributed by atoms with Crippen LogP contribution in [0.4, 0.5) is 0 Å². The van der Waals surface area contributed by atoms with E-state index in [1.165, 1.54) is 9.80 Å². The lowest BCUT2D eigenvalue weighted by atomic mass is 10.4. The number of hydrogen-bond donors (Lipinski definition) is 0. The van der Waals surface area contributed by atoms with E-state index in [9.17, 15) is 0 Å². The molecule has 0 amide bonds. The molecule has 0 atom stereocenters. The lowest BCUT2D eigenvalue weighted by Crippen LogP contribution is -1.70. The van der Waals surface area contributed by atoms with Gasteiger partial charge in [-0.25, -0.2) is 0 Å². The second kappa shape index (κ2) is 4.83. The van der Waals surface area contributed by atoms with Gasteiger partial charge in [-0.2, -0.15) is 0 Å². The van der Waals surface area contributed by atoms with Crippen molar-refractivity contribution in [2.45, 2.75) is 11.8 Å². The molecule has 0 nitrogen and oxygen atoms in total. The van der Waals surface area contributed by atoms with Crippen molar-refractivity contribution < 1.29 is 0 Å². The third-order valence-corrected chi connectivity index (χ3v) is 2.61. The molecule has 1 aromatic carbocycles. The fraction of sp³-hybridized carbons (Fsp3) is 0.0909. The van der Waals surface area contributed by atoms with E-state index in [0.717, 1.165) is 0 Å². The maximum atomic E-state index is 3.74. The van der Waals surface area contributed by atoms with Crippen LogP contribution in [0.1, 0.15) is 6.92 Å². The molecular weight excluding hydrogens is 164 g/mol. The lowest BCUT2D eigenvalue weighted by molar-refractivity contribution is 1.47. The monoisotopic (exact) mass is 176 g/mol. The third kappa shape index (κ3) is 2.59. The molecule has 0 unspecified atom stereocenters. The number of thioether (sulfide) groups is 1. The van der Waals surface area contributed by atoms with Crippen LogP contribution in [0.25, 0.3) is 0 Å². The molecule has 0 aliphatic carbocycles. The van der Waals surface area contributed by atoms with Crippen LogP contribution in [0.2, 0.25) is 0 Å². The van der Waals surface area contributed by atoms with Gasteiger partial charge < -0.3 is 0 Å². The Morgan fingerprint density at radius 2 is 2.00 bits per heavy atom. The van der Waals surface area contributed by atoms with Gasteiger partial charge in [-0.05, 0) is 19.1 Å². The van der Waals surface area contributed by atoms with E-state index in [1.54, 1.807) is 11.8 Å². The summed E-state index contributed by atoms with van der Waals surface area (Å²) in [6, 6.07) is 10.3. The molecule has 0 heterocycles. The molecular formula is C11H12S. The van der Waals surface area contributed by atoms with Gasteiger partial charge in [0.2, 0.25) is 0 Å².